The number of carbonyl (C=O) groups is 2. The predicted molar refractivity (Wildman–Crippen MR) is 123 cm³/mol. The SMILES string of the molecule is O=C(NC1CCCC1)[C@@H](c1ccccc1)N(C(=O)c1ccco1)c1ccc2c(c1)OCCO2. The van der Waals surface area contributed by atoms with E-state index < -0.39 is 11.9 Å². The number of amides is 2. The lowest BCUT2D eigenvalue weighted by Crippen LogP contribution is -2.46. The summed E-state index contributed by atoms with van der Waals surface area (Å²) in [5.41, 5.74) is 1.24. The van der Waals surface area contributed by atoms with Gasteiger partial charge in [0.25, 0.3) is 5.91 Å². The van der Waals surface area contributed by atoms with Gasteiger partial charge in [0.15, 0.2) is 17.3 Å². The summed E-state index contributed by atoms with van der Waals surface area (Å²) in [6, 6.07) is 17.1. The Morgan fingerprint density at radius 3 is 2.39 bits per heavy atom. The molecule has 7 nitrogen and oxygen atoms in total. The van der Waals surface area contributed by atoms with Crippen molar-refractivity contribution in [2.45, 2.75) is 37.8 Å². The van der Waals surface area contributed by atoms with Gasteiger partial charge in [-0.25, -0.2) is 0 Å². The van der Waals surface area contributed by atoms with Crippen molar-refractivity contribution in [3.63, 3.8) is 0 Å². The third kappa shape index (κ3) is 4.44. The lowest BCUT2D eigenvalue weighted by Gasteiger charge is -2.32. The van der Waals surface area contributed by atoms with Crippen LogP contribution in [0.25, 0.3) is 0 Å². The van der Waals surface area contributed by atoms with E-state index in [1.165, 1.54) is 11.2 Å². The lowest BCUT2D eigenvalue weighted by atomic mass is 10.0. The van der Waals surface area contributed by atoms with Crippen molar-refractivity contribution in [2.24, 2.45) is 0 Å². The Morgan fingerprint density at radius 1 is 0.909 bits per heavy atom. The normalized spacial score (nSPS) is 16.2. The summed E-state index contributed by atoms with van der Waals surface area (Å²) in [6.45, 7) is 0.894. The highest BCUT2D eigenvalue weighted by Crippen LogP contribution is 2.38. The first kappa shape index (κ1) is 21.1. The number of hydrogen-bond acceptors (Lipinski definition) is 5. The van der Waals surface area contributed by atoms with Crippen molar-refractivity contribution in [3.8, 4) is 11.5 Å². The van der Waals surface area contributed by atoms with E-state index in [0.717, 1.165) is 25.7 Å². The molecule has 0 bridgehead atoms. The number of rotatable bonds is 6. The van der Waals surface area contributed by atoms with Crippen LogP contribution in [0.1, 0.15) is 47.8 Å². The number of furan rings is 1. The minimum absolute atomic E-state index is 0.115. The number of fused-ring (bicyclic) bond motifs is 1. The molecule has 2 aliphatic rings. The summed E-state index contributed by atoms with van der Waals surface area (Å²) in [5.74, 6) is 0.676. The van der Waals surface area contributed by atoms with Gasteiger partial charge in [-0.2, -0.15) is 0 Å². The van der Waals surface area contributed by atoms with Gasteiger partial charge in [0.05, 0.1) is 6.26 Å². The monoisotopic (exact) mass is 446 g/mol. The van der Waals surface area contributed by atoms with Crippen LogP contribution in [0.2, 0.25) is 0 Å². The minimum Gasteiger partial charge on any atom is -0.486 e. The summed E-state index contributed by atoms with van der Waals surface area (Å²) in [4.78, 5) is 28.9. The minimum atomic E-state index is -0.882. The molecule has 170 valence electrons. The first-order chi connectivity index (χ1) is 16.2. The maximum Gasteiger partial charge on any atom is 0.294 e. The second kappa shape index (κ2) is 9.40. The van der Waals surface area contributed by atoms with Crippen LogP contribution in [0, 0.1) is 0 Å². The van der Waals surface area contributed by atoms with Crippen LogP contribution in [0.3, 0.4) is 0 Å². The smallest absolute Gasteiger partial charge is 0.294 e. The van der Waals surface area contributed by atoms with Crippen LogP contribution in [0.5, 0.6) is 11.5 Å². The summed E-state index contributed by atoms with van der Waals surface area (Å²) >= 11 is 0. The van der Waals surface area contributed by atoms with Gasteiger partial charge >= 0.3 is 0 Å². The molecular formula is C26H26N2O5. The molecule has 0 radical (unpaired) electrons. The highest BCUT2D eigenvalue weighted by atomic mass is 16.6. The van der Waals surface area contributed by atoms with Crippen molar-refractivity contribution in [1.82, 2.24) is 5.32 Å². The van der Waals surface area contributed by atoms with Crippen LogP contribution in [0.4, 0.5) is 5.69 Å². The number of ether oxygens (including phenoxy) is 2. The number of benzene rings is 2. The zero-order valence-corrected chi connectivity index (χ0v) is 18.2. The first-order valence-corrected chi connectivity index (χ1v) is 11.3. The fourth-order valence-corrected chi connectivity index (χ4v) is 4.49. The maximum absolute atomic E-state index is 13.7. The van der Waals surface area contributed by atoms with E-state index >= 15 is 0 Å². The first-order valence-electron chi connectivity index (χ1n) is 11.3. The molecule has 1 aromatic heterocycles. The second-order valence-corrected chi connectivity index (χ2v) is 8.28. The number of nitrogens with one attached hydrogen (secondary N) is 1. The summed E-state index contributed by atoms with van der Waals surface area (Å²) in [5, 5.41) is 3.17. The molecule has 7 heteroatoms. The molecule has 33 heavy (non-hydrogen) atoms. The summed E-state index contributed by atoms with van der Waals surface area (Å²) in [6.07, 6.45) is 5.54. The Balaban J connectivity index is 1.59. The number of carbonyl (C=O) groups excluding carboxylic acids is 2. The highest BCUT2D eigenvalue weighted by molar-refractivity contribution is 6.08. The lowest BCUT2D eigenvalue weighted by molar-refractivity contribution is -0.123. The summed E-state index contributed by atoms with van der Waals surface area (Å²) in [7, 11) is 0. The molecule has 2 heterocycles. The molecule has 1 N–H and O–H groups in total. The quantitative estimate of drug-likeness (QED) is 0.603. The number of hydrogen-bond donors (Lipinski definition) is 1. The van der Waals surface area contributed by atoms with Crippen molar-refractivity contribution in [1.29, 1.82) is 0 Å². The standard InChI is InChI=1S/C26H26N2O5/c29-25(27-19-9-4-5-10-19)24(18-7-2-1-3-8-18)28(26(30)22-11-6-14-31-22)20-12-13-21-23(17-20)33-16-15-32-21/h1-3,6-8,11-14,17,19,24H,4-5,9-10,15-16H2,(H,27,29)/t24-/m1/s1. The molecule has 1 fully saturated rings. The molecule has 2 aromatic carbocycles. The van der Waals surface area contributed by atoms with Crippen LogP contribution >= 0.6 is 0 Å². The third-order valence-corrected chi connectivity index (χ3v) is 6.08. The number of nitrogens with zero attached hydrogens (tertiary/aromatic N) is 1. The molecule has 1 aliphatic heterocycles. The van der Waals surface area contributed by atoms with Crippen LogP contribution in [-0.4, -0.2) is 31.1 Å². The molecule has 5 rings (SSSR count). The van der Waals surface area contributed by atoms with Gasteiger partial charge in [-0.15, -0.1) is 0 Å². The topological polar surface area (TPSA) is 81.0 Å². The van der Waals surface area contributed by atoms with E-state index in [1.807, 2.05) is 30.3 Å². The number of anilines is 1. The second-order valence-electron chi connectivity index (χ2n) is 8.28. The Morgan fingerprint density at radius 2 is 1.67 bits per heavy atom. The van der Waals surface area contributed by atoms with E-state index in [0.29, 0.717) is 36.0 Å². The molecular weight excluding hydrogens is 420 g/mol. The molecule has 2 amide bonds. The predicted octanol–water partition coefficient (Wildman–Crippen LogP) is 4.50. The van der Waals surface area contributed by atoms with Crippen molar-refractivity contribution >= 4 is 17.5 Å². The van der Waals surface area contributed by atoms with Gasteiger partial charge in [-0.3, -0.25) is 14.5 Å². The fraction of sp³-hybridized carbons (Fsp3) is 0.308. The zero-order valence-electron chi connectivity index (χ0n) is 18.2. The Labute approximate surface area is 192 Å². The van der Waals surface area contributed by atoms with Crippen LogP contribution in [-0.2, 0) is 4.79 Å². The average molecular weight is 447 g/mol. The molecule has 1 atom stereocenters. The van der Waals surface area contributed by atoms with Crippen molar-refractivity contribution < 1.29 is 23.5 Å². The molecule has 0 spiro atoms. The molecule has 0 saturated heterocycles. The van der Waals surface area contributed by atoms with Crippen molar-refractivity contribution in [3.05, 3.63) is 78.3 Å². The van der Waals surface area contributed by atoms with Crippen LogP contribution < -0.4 is 19.7 Å². The molecule has 0 unspecified atom stereocenters. The van der Waals surface area contributed by atoms with E-state index in [1.54, 1.807) is 30.3 Å². The average Bonchev–Trinajstić information content (AvgIpc) is 3.57. The third-order valence-electron chi connectivity index (χ3n) is 6.08. The highest BCUT2D eigenvalue weighted by Gasteiger charge is 2.36. The van der Waals surface area contributed by atoms with E-state index in [2.05, 4.69) is 5.32 Å². The van der Waals surface area contributed by atoms with Gasteiger partial charge < -0.3 is 19.2 Å². The Bertz CT molecular complexity index is 1110. The molecule has 1 aliphatic carbocycles. The van der Waals surface area contributed by atoms with E-state index in [9.17, 15) is 9.59 Å². The van der Waals surface area contributed by atoms with Crippen LogP contribution in [0.15, 0.2) is 71.3 Å². The Hall–Kier alpha value is -3.74. The van der Waals surface area contributed by atoms with E-state index in [4.69, 9.17) is 13.9 Å². The fourth-order valence-electron chi connectivity index (χ4n) is 4.49. The Kier molecular flexibility index (Phi) is 6.02. The molecule has 3 aromatic rings. The van der Waals surface area contributed by atoms with Crippen molar-refractivity contribution in [2.75, 3.05) is 18.1 Å². The van der Waals surface area contributed by atoms with Gasteiger partial charge in [0, 0.05) is 17.8 Å². The van der Waals surface area contributed by atoms with Gasteiger partial charge in [-0.05, 0) is 42.7 Å². The van der Waals surface area contributed by atoms with Gasteiger partial charge in [-0.1, -0.05) is 43.2 Å². The van der Waals surface area contributed by atoms with Gasteiger partial charge in [0.2, 0.25) is 5.91 Å². The van der Waals surface area contributed by atoms with Gasteiger partial charge in [0.1, 0.15) is 19.3 Å². The zero-order chi connectivity index (χ0) is 22.6. The molecule has 1 saturated carbocycles. The largest absolute Gasteiger partial charge is 0.486 e. The maximum atomic E-state index is 13.7. The van der Waals surface area contributed by atoms with E-state index in [-0.39, 0.29) is 17.7 Å². The summed E-state index contributed by atoms with van der Waals surface area (Å²) < 4.78 is 16.8.